The van der Waals surface area contributed by atoms with Crippen LogP contribution in [0.5, 0.6) is 0 Å². The number of hydrogen-bond acceptors (Lipinski definition) is 4. The molecule has 0 spiro atoms. The number of aromatic nitrogens is 2. The molecule has 148 valence electrons. The fourth-order valence-electron chi connectivity index (χ4n) is 5.01. The molecule has 27 heavy (non-hydrogen) atoms. The molecule has 2 aliphatic rings. The van der Waals surface area contributed by atoms with Crippen LogP contribution in [0.25, 0.3) is 10.2 Å². The van der Waals surface area contributed by atoms with Crippen molar-refractivity contribution in [2.75, 3.05) is 13.1 Å². The average molecular weight is 386 g/mol. The summed E-state index contributed by atoms with van der Waals surface area (Å²) in [6.45, 7) is 15.0. The lowest BCUT2D eigenvalue weighted by Gasteiger charge is -2.37. The smallest absolute Gasteiger partial charge is 0.127 e. The third-order valence-corrected chi connectivity index (χ3v) is 7.89. The van der Waals surface area contributed by atoms with Crippen LogP contribution in [0.4, 0.5) is 0 Å². The van der Waals surface area contributed by atoms with Crippen LogP contribution in [0.15, 0.2) is 6.07 Å². The van der Waals surface area contributed by atoms with Gasteiger partial charge in [-0.05, 0) is 74.8 Å². The quantitative estimate of drug-likeness (QED) is 0.620. The summed E-state index contributed by atoms with van der Waals surface area (Å²) in [5.41, 5.74) is 2.19. The minimum absolute atomic E-state index is 0.425. The van der Waals surface area contributed by atoms with Gasteiger partial charge in [0.05, 0.1) is 5.69 Å². The largest absolute Gasteiger partial charge is 0.297 e. The summed E-state index contributed by atoms with van der Waals surface area (Å²) in [6, 6.07) is 2.44. The van der Waals surface area contributed by atoms with Crippen LogP contribution in [0.1, 0.15) is 88.5 Å². The van der Waals surface area contributed by atoms with E-state index in [1.807, 2.05) is 18.3 Å². The third-order valence-electron chi connectivity index (χ3n) is 6.70. The van der Waals surface area contributed by atoms with Crippen molar-refractivity contribution in [1.82, 2.24) is 14.9 Å². The van der Waals surface area contributed by atoms with Gasteiger partial charge in [0.1, 0.15) is 10.7 Å². The van der Waals surface area contributed by atoms with E-state index < -0.39 is 0 Å². The van der Waals surface area contributed by atoms with Gasteiger partial charge < -0.3 is 0 Å². The van der Waals surface area contributed by atoms with Crippen molar-refractivity contribution in [3.05, 3.63) is 22.5 Å². The molecule has 2 fully saturated rings. The lowest BCUT2D eigenvalue weighted by Crippen LogP contribution is -2.39. The summed E-state index contributed by atoms with van der Waals surface area (Å²) >= 11 is 1.92. The highest BCUT2D eigenvalue weighted by molar-refractivity contribution is 7.18. The SMILES string of the molecule is Cc1nc(CN2CCCC(C)(C)C2)c2cc(C3CCC(C)(C)CC3)sc2n1. The van der Waals surface area contributed by atoms with Gasteiger partial charge in [-0.3, -0.25) is 4.90 Å². The van der Waals surface area contributed by atoms with Crippen LogP contribution in [0, 0.1) is 17.8 Å². The summed E-state index contributed by atoms with van der Waals surface area (Å²) in [4.78, 5) is 15.0. The highest BCUT2D eigenvalue weighted by Crippen LogP contribution is 2.45. The van der Waals surface area contributed by atoms with Gasteiger partial charge in [-0.1, -0.05) is 27.7 Å². The van der Waals surface area contributed by atoms with E-state index in [1.54, 1.807) is 4.88 Å². The molecule has 4 rings (SSSR count). The van der Waals surface area contributed by atoms with Crippen molar-refractivity contribution < 1.29 is 0 Å². The van der Waals surface area contributed by atoms with Crippen molar-refractivity contribution in [2.24, 2.45) is 10.8 Å². The summed E-state index contributed by atoms with van der Waals surface area (Å²) in [5.74, 6) is 1.64. The summed E-state index contributed by atoms with van der Waals surface area (Å²) < 4.78 is 0. The Labute approximate surface area is 168 Å². The Hall–Kier alpha value is -1.00. The molecule has 0 unspecified atom stereocenters. The van der Waals surface area contributed by atoms with Gasteiger partial charge in [0.25, 0.3) is 0 Å². The maximum absolute atomic E-state index is 4.88. The number of likely N-dealkylation sites (tertiary alicyclic amines) is 1. The maximum atomic E-state index is 4.88. The lowest BCUT2D eigenvalue weighted by molar-refractivity contribution is 0.111. The normalized spacial score (nSPS) is 23.7. The van der Waals surface area contributed by atoms with Crippen LogP contribution in [0.3, 0.4) is 0 Å². The molecule has 0 aromatic carbocycles. The van der Waals surface area contributed by atoms with Gasteiger partial charge in [-0.25, -0.2) is 9.97 Å². The van der Waals surface area contributed by atoms with Gasteiger partial charge in [-0.2, -0.15) is 0 Å². The zero-order chi connectivity index (χ0) is 19.2. The molecular weight excluding hydrogens is 350 g/mol. The number of aryl methyl sites for hydroxylation is 1. The van der Waals surface area contributed by atoms with E-state index in [0.717, 1.165) is 18.3 Å². The van der Waals surface area contributed by atoms with Crippen LogP contribution < -0.4 is 0 Å². The Morgan fingerprint density at radius 1 is 1.07 bits per heavy atom. The molecule has 3 heterocycles. The fourth-order valence-corrected chi connectivity index (χ4v) is 6.28. The number of nitrogens with zero attached hydrogens (tertiary/aromatic N) is 3. The maximum Gasteiger partial charge on any atom is 0.127 e. The van der Waals surface area contributed by atoms with E-state index in [-0.39, 0.29) is 0 Å². The van der Waals surface area contributed by atoms with E-state index in [9.17, 15) is 0 Å². The minimum atomic E-state index is 0.425. The lowest BCUT2D eigenvalue weighted by atomic mass is 9.73. The van der Waals surface area contributed by atoms with E-state index >= 15 is 0 Å². The molecule has 0 radical (unpaired) electrons. The van der Waals surface area contributed by atoms with Gasteiger partial charge in [0.2, 0.25) is 0 Å². The molecule has 1 aliphatic carbocycles. The highest BCUT2D eigenvalue weighted by Gasteiger charge is 2.30. The molecule has 0 amide bonds. The van der Waals surface area contributed by atoms with E-state index in [1.165, 1.54) is 67.5 Å². The van der Waals surface area contributed by atoms with Crippen LogP contribution in [0.2, 0.25) is 0 Å². The number of piperidine rings is 1. The minimum Gasteiger partial charge on any atom is -0.297 e. The van der Waals surface area contributed by atoms with Gasteiger partial charge >= 0.3 is 0 Å². The van der Waals surface area contributed by atoms with E-state index in [0.29, 0.717) is 10.8 Å². The second kappa shape index (κ2) is 7.11. The molecule has 3 nitrogen and oxygen atoms in total. The predicted molar refractivity (Wildman–Crippen MR) is 115 cm³/mol. The molecule has 1 saturated heterocycles. The molecule has 0 N–H and O–H groups in total. The van der Waals surface area contributed by atoms with Crippen molar-refractivity contribution in [3.63, 3.8) is 0 Å². The van der Waals surface area contributed by atoms with Crippen molar-refractivity contribution in [1.29, 1.82) is 0 Å². The van der Waals surface area contributed by atoms with Gasteiger partial charge in [-0.15, -0.1) is 11.3 Å². The Kier molecular flexibility index (Phi) is 5.09. The van der Waals surface area contributed by atoms with Crippen molar-refractivity contribution in [2.45, 2.75) is 85.6 Å². The first kappa shape index (κ1) is 19.3. The standard InChI is InChI=1S/C23H35N3S/c1-16-24-19(14-26-12-6-9-23(4,5)15-26)18-13-20(27-21(18)25-16)17-7-10-22(2,3)11-8-17/h13,17H,6-12,14-15H2,1-5H3. The zero-order valence-corrected chi connectivity index (χ0v) is 18.6. The summed E-state index contributed by atoms with van der Waals surface area (Å²) in [6.07, 6.45) is 7.96. The highest BCUT2D eigenvalue weighted by atomic mass is 32.1. The van der Waals surface area contributed by atoms with Gasteiger partial charge in [0.15, 0.2) is 0 Å². The fraction of sp³-hybridized carbons (Fsp3) is 0.739. The Bertz CT molecular complexity index is 810. The molecule has 0 atom stereocenters. The predicted octanol–water partition coefficient (Wildman–Crippen LogP) is 6.31. The van der Waals surface area contributed by atoms with Crippen LogP contribution >= 0.6 is 11.3 Å². The van der Waals surface area contributed by atoms with E-state index in [4.69, 9.17) is 9.97 Å². The second-order valence-electron chi connectivity index (χ2n) is 10.5. The number of rotatable bonds is 3. The monoisotopic (exact) mass is 385 g/mol. The first-order valence-electron chi connectivity index (χ1n) is 10.7. The summed E-state index contributed by atoms with van der Waals surface area (Å²) in [7, 11) is 0. The molecule has 2 aromatic heterocycles. The Morgan fingerprint density at radius 2 is 1.81 bits per heavy atom. The van der Waals surface area contributed by atoms with Crippen LogP contribution in [-0.2, 0) is 6.54 Å². The molecule has 1 aliphatic heterocycles. The molecular formula is C23H35N3S. The van der Waals surface area contributed by atoms with Crippen LogP contribution in [-0.4, -0.2) is 28.0 Å². The molecule has 0 bridgehead atoms. The van der Waals surface area contributed by atoms with Gasteiger partial charge in [0, 0.05) is 23.4 Å². The molecule has 2 aromatic rings. The number of thiophene rings is 1. The molecule has 4 heteroatoms. The van der Waals surface area contributed by atoms with E-state index in [2.05, 4.69) is 38.7 Å². The first-order chi connectivity index (χ1) is 12.7. The second-order valence-corrected chi connectivity index (χ2v) is 11.6. The Morgan fingerprint density at radius 3 is 2.52 bits per heavy atom. The molecule has 1 saturated carbocycles. The third kappa shape index (κ3) is 4.37. The number of hydrogen-bond donors (Lipinski definition) is 0. The summed E-state index contributed by atoms with van der Waals surface area (Å²) in [5, 5.41) is 1.31. The Balaban J connectivity index is 1.59. The first-order valence-corrected chi connectivity index (χ1v) is 11.5. The topological polar surface area (TPSA) is 29.0 Å². The number of fused-ring (bicyclic) bond motifs is 1. The van der Waals surface area contributed by atoms with Crippen molar-refractivity contribution in [3.8, 4) is 0 Å². The average Bonchev–Trinajstić information content (AvgIpc) is 2.97. The van der Waals surface area contributed by atoms with Crippen molar-refractivity contribution >= 4 is 21.6 Å². The zero-order valence-electron chi connectivity index (χ0n) is 17.8.